The summed E-state index contributed by atoms with van der Waals surface area (Å²) >= 11 is 0. The molecule has 8 heteroatoms. The van der Waals surface area contributed by atoms with E-state index >= 15 is 0 Å². The molecule has 0 aliphatic carbocycles. The number of rotatable bonds is 6. The van der Waals surface area contributed by atoms with Crippen molar-refractivity contribution in [3.63, 3.8) is 0 Å². The van der Waals surface area contributed by atoms with Crippen molar-refractivity contribution in [1.29, 1.82) is 0 Å². The molecular formula is C23H22F2N2O4. The van der Waals surface area contributed by atoms with Gasteiger partial charge in [0.1, 0.15) is 17.7 Å². The summed E-state index contributed by atoms with van der Waals surface area (Å²) in [5.74, 6) is -0.566. The highest BCUT2D eigenvalue weighted by molar-refractivity contribution is 5.94. The summed E-state index contributed by atoms with van der Waals surface area (Å²) in [7, 11) is 0. The highest BCUT2D eigenvalue weighted by Gasteiger charge is 2.31. The van der Waals surface area contributed by atoms with Crippen LogP contribution in [0.4, 0.5) is 8.78 Å². The van der Waals surface area contributed by atoms with Gasteiger partial charge in [0.25, 0.3) is 5.91 Å². The fourth-order valence-corrected chi connectivity index (χ4v) is 3.57. The number of aliphatic hydroxyl groups is 1. The number of carbonyl (C=O) groups excluding carboxylic acids is 1. The number of benzene rings is 2. The average molecular weight is 428 g/mol. The van der Waals surface area contributed by atoms with Gasteiger partial charge in [-0.15, -0.1) is 0 Å². The van der Waals surface area contributed by atoms with Crippen LogP contribution in [0.25, 0.3) is 11.3 Å². The predicted molar refractivity (Wildman–Crippen MR) is 108 cm³/mol. The van der Waals surface area contributed by atoms with Crippen LogP contribution in [-0.4, -0.2) is 41.0 Å². The third-order valence-electron chi connectivity index (χ3n) is 5.28. The maximum Gasteiger partial charge on any atom is 0.251 e. The van der Waals surface area contributed by atoms with Gasteiger partial charge in [-0.3, -0.25) is 4.79 Å². The summed E-state index contributed by atoms with van der Waals surface area (Å²) in [6, 6.07) is 13.0. The average Bonchev–Trinajstić information content (AvgIpc) is 3.23. The second-order valence-corrected chi connectivity index (χ2v) is 7.55. The molecule has 31 heavy (non-hydrogen) atoms. The number of aromatic nitrogens is 1. The van der Waals surface area contributed by atoms with Crippen LogP contribution in [0.15, 0.2) is 59.1 Å². The van der Waals surface area contributed by atoms with Crippen LogP contribution in [0.2, 0.25) is 0 Å². The number of amides is 1. The zero-order valence-electron chi connectivity index (χ0n) is 16.6. The minimum atomic E-state index is -0.697. The Morgan fingerprint density at radius 3 is 2.45 bits per heavy atom. The van der Waals surface area contributed by atoms with E-state index in [1.165, 1.54) is 36.4 Å². The predicted octanol–water partition coefficient (Wildman–Crippen LogP) is 3.50. The minimum Gasteiger partial charge on any atom is -0.390 e. The van der Waals surface area contributed by atoms with Crippen LogP contribution in [0.3, 0.4) is 0 Å². The zero-order valence-corrected chi connectivity index (χ0v) is 16.6. The van der Waals surface area contributed by atoms with Crippen molar-refractivity contribution >= 4 is 5.91 Å². The van der Waals surface area contributed by atoms with Crippen LogP contribution in [-0.2, 0) is 11.2 Å². The first-order chi connectivity index (χ1) is 15.0. The van der Waals surface area contributed by atoms with E-state index < -0.39 is 18.0 Å². The Labute approximate surface area is 177 Å². The largest absolute Gasteiger partial charge is 0.390 e. The smallest absolute Gasteiger partial charge is 0.251 e. The maximum atomic E-state index is 13.1. The number of halogens is 2. The third kappa shape index (κ3) is 5.34. The Morgan fingerprint density at radius 1 is 1.06 bits per heavy atom. The second kappa shape index (κ2) is 9.36. The van der Waals surface area contributed by atoms with Gasteiger partial charge in [-0.25, -0.2) is 8.78 Å². The molecule has 0 radical (unpaired) electrons. The van der Waals surface area contributed by atoms with Crippen LogP contribution in [0.5, 0.6) is 0 Å². The Bertz CT molecular complexity index is 1020. The monoisotopic (exact) mass is 428 g/mol. The van der Waals surface area contributed by atoms with Crippen molar-refractivity contribution in [3.05, 3.63) is 77.5 Å². The third-order valence-corrected chi connectivity index (χ3v) is 5.28. The molecule has 2 N–H and O–H groups in total. The van der Waals surface area contributed by atoms with Gasteiger partial charge < -0.3 is 19.7 Å². The van der Waals surface area contributed by atoms with Gasteiger partial charge in [-0.2, -0.15) is 0 Å². The standard InChI is InChI=1S/C23H22F2N2O4/c24-16-5-1-14(2-6-16)21-12-18(27-31-21)11-19-9-10-20(28)22(30-19)13-26-23(29)15-3-7-17(25)8-4-15/h1-8,12,19-20,22,28H,9-11,13H2,(H,26,29). The molecule has 1 aliphatic rings. The van der Waals surface area contributed by atoms with E-state index in [1.54, 1.807) is 18.2 Å². The molecule has 6 nitrogen and oxygen atoms in total. The van der Waals surface area contributed by atoms with Crippen molar-refractivity contribution in [2.75, 3.05) is 6.54 Å². The quantitative estimate of drug-likeness (QED) is 0.628. The molecule has 3 unspecified atom stereocenters. The van der Waals surface area contributed by atoms with Crippen molar-refractivity contribution in [3.8, 4) is 11.3 Å². The summed E-state index contributed by atoms with van der Waals surface area (Å²) in [6.07, 6.45) is 0.206. The van der Waals surface area contributed by atoms with Gasteiger partial charge >= 0.3 is 0 Å². The van der Waals surface area contributed by atoms with Crippen molar-refractivity contribution < 1.29 is 27.9 Å². The molecule has 1 aromatic heterocycles. The molecule has 1 amide bonds. The SMILES string of the molecule is O=C(NCC1OC(Cc2cc(-c3ccc(F)cc3)on2)CCC1O)c1ccc(F)cc1. The normalized spacial score (nSPS) is 21.1. The molecular weight excluding hydrogens is 406 g/mol. The van der Waals surface area contributed by atoms with E-state index in [0.29, 0.717) is 36.3 Å². The molecule has 0 bridgehead atoms. The zero-order chi connectivity index (χ0) is 21.8. The number of nitrogens with zero attached hydrogens (tertiary/aromatic N) is 1. The molecule has 1 fully saturated rings. The van der Waals surface area contributed by atoms with Gasteiger partial charge in [-0.1, -0.05) is 5.16 Å². The number of aliphatic hydroxyl groups excluding tert-OH is 1. The highest BCUT2D eigenvalue weighted by atomic mass is 19.1. The number of hydrogen-bond donors (Lipinski definition) is 2. The molecule has 3 aromatic rings. The molecule has 4 rings (SSSR count). The van der Waals surface area contributed by atoms with Crippen LogP contribution in [0, 0.1) is 11.6 Å². The Balaban J connectivity index is 1.33. The fraction of sp³-hybridized carbons (Fsp3) is 0.304. The van der Waals surface area contributed by atoms with Gasteiger partial charge in [0.2, 0.25) is 0 Å². The van der Waals surface area contributed by atoms with E-state index in [9.17, 15) is 18.7 Å². The van der Waals surface area contributed by atoms with E-state index in [1.807, 2.05) is 0 Å². The van der Waals surface area contributed by atoms with Crippen LogP contribution < -0.4 is 5.32 Å². The van der Waals surface area contributed by atoms with Crippen LogP contribution >= 0.6 is 0 Å². The van der Waals surface area contributed by atoms with Crippen molar-refractivity contribution in [2.45, 2.75) is 37.6 Å². The summed E-state index contributed by atoms with van der Waals surface area (Å²) in [4.78, 5) is 12.2. The van der Waals surface area contributed by atoms with Gasteiger partial charge in [0.05, 0.1) is 17.9 Å². The first-order valence-electron chi connectivity index (χ1n) is 10.1. The van der Waals surface area contributed by atoms with Crippen molar-refractivity contribution in [2.24, 2.45) is 0 Å². The second-order valence-electron chi connectivity index (χ2n) is 7.55. The minimum absolute atomic E-state index is 0.132. The molecule has 3 atom stereocenters. The lowest BCUT2D eigenvalue weighted by molar-refractivity contribution is -0.114. The summed E-state index contributed by atoms with van der Waals surface area (Å²) in [5.41, 5.74) is 1.75. The maximum absolute atomic E-state index is 13.1. The Morgan fingerprint density at radius 2 is 1.74 bits per heavy atom. The lowest BCUT2D eigenvalue weighted by Crippen LogP contribution is -2.46. The molecule has 1 aliphatic heterocycles. The first-order valence-corrected chi connectivity index (χ1v) is 10.1. The molecule has 2 heterocycles. The van der Waals surface area contributed by atoms with Crippen molar-refractivity contribution in [1.82, 2.24) is 10.5 Å². The molecule has 0 spiro atoms. The van der Waals surface area contributed by atoms with E-state index in [2.05, 4.69) is 10.5 Å². The lowest BCUT2D eigenvalue weighted by Gasteiger charge is -2.33. The van der Waals surface area contributed by atoms with Gasteiger partial charge in [-0.05, 0) is 61.4 Å². The van der Waals surface area contributed by atoms with Crippen LogP contribution in [0.1, 0.15) is 28.9 Å². The highest BCUT2D eigenvalue weighted by Crippen LogP contribution is 2.25. The van der Waals surface area contributed by atoms with E-state index in [-0.39, 0.29) is 24.4 Å². The summed E-state index contributed by atoms with van der Waals surface area (Å²) in [6.45, 7) is 0.132. The topological polar surface area (TPSA) is 84.6 Å². The van der Waals surface area contributed by atoms with E-state index in [0.717, 1.165) is 5.56 Å². The lowest BCUT2D eigenvalue weighted by atomic mass is 9.98. The number of carbonyl (C=O) groups is 1. The van der Waals surface area contributed by atoms with E-state index in [4.69, 9.17) is 9.26 Å². The molecule has 162 valence electrons. The number of ether oxygens (including phenoxy) is 1. The Kier molecular flexibility index (Phi) is 6.39. The van der Waals surface area contributed by atoms with Gasteiger partial charge in [0.15, 0.2) is 5.76 Å². The summed E-state index contributed by atoms with van der Waals surface area (Å²) < 4.78 is 37.4. The van der Waals surface area contributed by atoms with Gasteiger partial charge in [0, 0.05) is 30.2 Å². The first kappa shape index (κ1) is 21.1. The fourth-order valence-electron chi connectivity index (χ4n) is 3.57. The number of nitrogens with one attached hydrogen (secondary N) is 1. The summed E-state index contributed by atoms with van der Waals surface area (Å²) in [5, 5.41) is 17.0. The molecule has 0 saturated carbocycles. The Hall–Kier alpha value is -3.10. The number of hydrogen-bond acceptors (Lipinski definition) is 5. The molecule has 2 aromatic carbocycles. The molecule has 1 saturated heterocycles.